The Labute approximate surface area is 161 Å². The number of carbonyl (C=O) groups is 1. The zero-order valence-electron chi connectivity index (χ0n) is 14.2. The van der Waals surface area contributed by atoms with E-state index in [2.05, 4.69) is 15.3 Å². The van der Waals surface area contributed by atoms with Crippen LogP contribution in [0.4, 0.5) is 5.69 Å². The zero-order chi connectivity index (χ0) is 18.1. The largest absolute Gasteiger partial charge is 0.338 e. The van der Waals surface area contributed by atoms with Crippen LogP contribution in [0.1, 0.15) is 32.1 Å². The Morgan fingerprint density at radius 3 is 2.46 bits per heavy atom. The predicted octanol–water partition coefficient (Wildman–Crippen LogP) is 6.06. The number of hydrogen-bond acceptors (Lipinski definition) is 2. The highest BCUT2D eigenvalue weighted by Gasteiger charge is 2.21. The summed E-state index contributed by atoms with van der Waals surface area (Å²) in [5.41, 5.74) is 3.35. The second-order valence-electron chi connectivity index (χ2n) is 6.77. The number of hydrogen-bond donors (Lipinski definition) is 2. The van der Waals surface area contributed by atoms with Crippen LogP contribution < -0.4 is 5.32 Å². The number of aromatic amines is 1. The molecule has 4 nitrogen and oxygen atoms in total. The Bertz CT molecular complexity index is 905. The van der Waals surface area contributed by atoms with Crippen molar-refractivity contribution in [1.29, 1.82) is 0 Å². The fraction of sp³-hybridized carbons (Fsp3) is 0.300. The van der Waals surface area contributed by atoms with E-state index in [1.165, 1.54) is 6.42 Å². The van der Waals surface area contributed by atoms with Crippen LogP contribution in [0.3, 0.4) is 0 Å². The summed E-state index contributed by atoms with van der Waals surface area (Å²) in [6.07, 6.45) is 5.53. The first-order chi connectivity index (χ1) is 12.6. The van der Waals surface area contributed by atoms with Gasteiger partial charge in [-0.25, -0.2) is 4.98 Å². The summed E-state index contributed by atoms with van der Waals surface area (Å²) in [5, 5.41) is 4.01. The standard InChI is InChI=1S/C20H19Cl2N3O/c21-15-10-17-18(11-16(15)22)25-19(24-17)12-6-8-14(9-7-12)23-20(26)13-4-2-1-3-5-13/h6-11,13H,1-5H2,(H,23,26)(H,24,25). The molecule has 0 saturated heterocycles. The lowest BCUT2D eigenvalue weighted by Crippen LogP contribution is -2.24. The third-order valence-electron chi connectivity index (χ3n) is 4.93. The van der Waals surface area contributed by atoms with Crippen LogP contribution in [0, 0.1) is 5.92 Å². The van der Waals surface area contributed by atoms with Crippen LogP contribution in [-0.2, 0) is 4.79 Å². The minimum atomic E-state index is 0.130. The molecular formula is C20H19Cl2N3O. The van der Waals surface area contributed by atoms with E-state index >= 15 is 0 Å². The summed E-state index contributed by atoms with van der Waals surface area (Å²) in [6, 6.07) is 11.2. The highest BCUT2D eigenvalue weighted by Crippen LogP contribution is 2.29. The fourth-order valence-corrected chi connectivity index (χ4v) is 3.78. The van der Waals surface area contributed by atoms with Crippen molar-refractivity contribution >= 4 is 45.8 Å². The molecule has 1 aliphatic rings. The normalized spacial score (nSPS) is 15.3. The predicted molar refractivity (Wildman–Crippen MR) is 107 cm³/mol. The Morgan fingerprint density at radius 1 is 1.04 bits per heavy atom. The summed E-state index contributed by atoms with van der Waals surface area (Å²) < 4.78 is 0. The summed E-state index contributed by atoms with van der Waals surface area (Å²) in [4.78, 5) is 20.2. The molecule has 0 atom stereocenters. The second-order valence-corrected chi connectivity index (χ2v) is 7.58. The lowest BCUT2D eigenvalue weighted by Gasteiger charge is -2.20. The number of halogens is 2. The number of benzene rings is 2. The average Bonchev–Trinajstić information content (AvgIpc) is 3.06. The van der Waals surface area contributed by atoms with Gasteiger partial charge in [-0.3, -0.25) is 4.79 Å². The molecule has 1 amide bonds. The van der Waals surface area contributed by atoms with Crippen molar-refractivity contribution in [2.45, 2.75) is 32.1 Å². The van der Waals surface area contributed by atoms with Crippen molar-refractivity contribution in [3.63, 3.8) is 0 Å². The van der Waals surface area contributed by atoms with Crippen LogP contribution in [-0.4, -0.2) is 15.9 Å². The van der Waals surface area contributed by atoms with Crippen molar-refractivity contribution in [2.75, 3.05) is 5.32 Å². The monoisotopic (exact) mass is 387 g/mol. The van der Waals surface area contributed by atoms with E-state index < -0.39 is 0 Å². The fourth-order valence-electron chi connectivity index (χ4n) is 3.46. The number of H-pyrrole nitrogens is 1. The van der Waals surface area contributed by atoms with Crippen LogP contribution >= 0.6 is 23.2 Å². The summed E-state index contributed by atoms with van der Waals surface area (Å²) in [6.45, 7) is 0. The SMILES string of the molecule is O=C(Nc1ccc(-c2nc3cc(Cl)c(Cl)cc3[nH]2)cc1)C1CCCCC1. The van der Waals surface area contributed by atoms with E-state index in [4.69, 9.17) is 23.2 Å². The van der Waals surface area contributed by atoms with Crippen LogP contribution in [0.5, 0.6) is 0 Å². The molecule has 1 saturated carbocycles. The van der Waals surface area contributed by atoms with E-state index in [0.717, 1.165) is 53.8 Å². The first-order valence-corrected chi connectivity index (χ1v) is 9.62. The highest BCUT2D eigenvalue weighted by molar-refractivity contribution is 6.42. The van der Waals surface area contributed by atoms with Gasteiger partial charge in [-0.15, -0.1) is 0 Å². The number of amides is 1. The molecule has 6 heteroatoms. The Hall–Kier alpha value is -2.04. The number of imidazole rings is 1. The smallest absolute Gasteiger partial charge is 0.227 e. The maximum absolute atomic E-state index is 12.3. The summed E-state index contributed by atoms with van der Waals surface area (Å²) in [7, 11) is 0. The molecule has 3 aromatic rings. The maximum Gasteiger partial charge on any atom is 0.227 e. The lowest BCUT2D eigenvalue weighted by atomic mass is 9.88. The van der Waals surface area contributed by atoms with Crippen molar-refractivity contribution < 1.29 is 4.79 Å². The van der Waals surface area contributed by atoms with Crippen LogP contribution in [0.2, 0.25) is 10.0 Å². The van der Waals surface area contributed by atoms with Gasteiger partial charge in [-0.1, -0.05) is 42.5 Å². The number of nitrogens with one attached hydrogen (secondary N) is 2. The van der Waals surface area contributed by atoms with Gasteiger partial charge in [-0.05, 0) is 49.2 Å². The number of aromatic nitrogens is 2. The Kier molecular flexibility index (Phi) is 4.88. The quantitative estimate of drug-likeness (QED) is 0.573. The third kappa shape index (κ3) is 3.57. The molecule has 4 rings (SSSR count). The van der Waals surface area contributed by atoms with E-state index in [0.29, 0.717) is 10.0 Å². The van der Waals surface area contributed by atoms with Crippen LogP contribution in [0.15, 0.2) is 36.4 Å². The van der Waals surface area contributed by atoms with Crippen LogP contribution in [0.25, 0.3) is 22.4 Å². The van der Waals surface area contributed by atoms with Gasteiger partial charge in [0.1, 0.15) is 5.82 Å². The minimum Gasteiger partial charge on any atom is -0.338 e. The van der Waals surface area contributed by atoms with Gasteiger partial charge in [0.2, 0.25) is 5.91 Å². The molecule has 134 valence electrons. The number of fused-ring (bicyclic) bond motifs is 1. The number of rotatable bonds is 3. The molecule has 1 aromatic heterocycles. The zero-order valence-corrected chi connectivity index (χ0v) is 15.7. The average molecular weight is 388 g/mol. The second kappa shape index (κ2) is 7.29. The van der Waals surface area contributed by atoms with Crippen molar-refractivity contribution in [3.05, 3.63) is 46.4 Å². The summed E-state index contributed by atoms with van der Waals surface area (Å²) in [5.74, 6) is 1.02. The van der Waals surface area contributed by atoms with Gasteiger partial charge >= 0.3 is 0 Å². The first kappa shape index (κ1) is 17.4. The topological polar surface area (TPSA) is 57.8 Å². The molecule has 0 radical (unpaired) electrons. The van der Waals surface area contributed by atoms with Gasteiger partial charge in [0, 0.05) is 17.2 Å². The molecule has 2 aromatic carbocycles. The molecule has 1 heterocycles. The molecular weight excluding hydrogens is 369 g/mol. The van der Waals surface area contributed by atoms with Gasteiger partial charge < -0.3 is 10.3 Å². The molecule has 0 unspecified atom stereocenters. The molecule has 0 bridgehead atoms. The van der Waals surface area contributed by atoms with Crippen molar-refractivity contribution in [2.24, 2.45) is 5.92 Å². The van der Waals surface area contributed by atoms with Gasteiger partial charge in [0.25, 0.3) is 0 Å². The number of nitrogens with zero attached hydrogens (tertiary/aromatic N) is 1. The maximum atomic E-state index is 12.3. The van der Waals surface area contributed by atoms with Gasteiger partial charge in [0.15, 0.2) is 0 Å². The molecule has 1 fully saturated rings. The molecule has 0 aliphatic heterocycles. The Balaban J connectivity index is 1.51. The molecule has 26 heavy (non-hydrogen) atoms. The van der Waals surface area contributed by atoms with E-state index in [1.54, 1.807) is 12.1 Å². The van der Waals surface area contributed by atoms with Gasteiger partial charge in [0.05, 0.1) is 21.1 Å². The highest BCUT2D eigenvalue weighted by atomic mass is 35.5. The Morgan fingerprint density at radius 2 is 1.73 bits per heavy atom. The first-order valence-electron chi connectivity index (χ1n) is 8.86. The number of anilines is 1. The third-order valence-corrected chi connectivity index (χ3v) is 5.65. The minimum absolute atomic E-state index is 0.130. The summed E-state index contributed by atoms with van der Waals surface area (Å²) >= 11 is 12.1. The van der Waals surface area contributed by atoms with E-state index in [9.17, 15) is 4.79 Å². The van der Waals surface area contributed by atoms with Crippen molar-refractivity contribution in [1.82, 2.24) is 9.97 Å². The molecule has 1 aliphatic carbocycles. The lowest BCUT2D eigenvalue weighted by molar-refractivity contribution is -0.120. The van der Waals surface area contributed by atoms with Crippen molar-refractivity contribution in [3.8, 4) is 11.4 Å². The van der Waals surface area contributed by atoms with E-state index in [1.807, 2.05) is 24.3 Å². The van der Waals surface area contributed by atoms with Gasteiger partial charge in [-0.2, -0.15) is 0 Å². The molecule has 2 N–H and O–H groups in total. The van der Waals surface area contributed by atoms with E-state index in [-0.39, 0.29) is 11.8 Å². The number of carbonyl (C=O) groups excluding carboxylic acids is 1. The molecule has 0 spiro atoms.